The van der Waals surface area contributed by atoms with Gasteiger partial charge in [0, 0.05) is 39.2 Å². The van der Waals surface area contributed by atoms with Gasteiger partial charge in [0.15, 0.2) is 0 Å². The molecule has 1 aromatic carbocycles. The third-order valence-corrected chi connectivity index (χ3v) is 2.99. The van der Waals surface area contributed by atoms with Gasteiger partial charge in [0.25, 0.3) is 0 Å². The van der Waals surface area contributed by atoms with E-state index >= 15 is 0 Å². The molecule has 0 fully saturated rings. The summed E-state index contributed by atoms with van der Waals surface area (Å²) in [7, 11) is 3.31. The molecule has 0 heterocycles. The summed E-state index contributed by atoms with van der Waals surface area (Å²) in [6.07, 6.45) is 1.46. The smallest absolute Gasteiger partial charge is 0.222 e. The molecule has 3 N–H and O–H groups in total. The van der Waals surface area contributed by atoms with E-state index in [1.165, 1.54) is 0 Å². The predicted molar refractivity (Wildman–Crippen MR) is 75.5 cm³/mol. The summed E-state index contributed by atoms with van der Waals surface area (Å²) < 4.78 is 0. The van der Waals surface area contributed by atoms with Crippen molar-refractivity contribution >= 4 is 17.5 Å². The Morgan fingerprint density at radius 2 is 1.84 bits per heavy atom. The number of nitrogens with zero attached hydrogens (tertiary/aromatic N) is 1. The van der Waals surface area contributed by atoms with Crippen LogP contribution in [0.1, 0.15) is 18.4 Å². The molecule has 0 aliphatic carbocycles. The first-order valence-electron chi connectivity index (χ1n) is 6.32. The minimum atomic E-state index is -0.0572. The summed E-state index contributed by atoms with van der Waals surface area (Å²) in [5.41, 5.74) is 7.40. The Morgan fingerprint density at radius 1 is 1.21 bits per heavy atom. The maximum absolute atomic E-state index is 11.9. The Labute approximate surface area is 113 Å². The number of nitrogen functional groups attached to an aromatic ring is 1. The van der Waals surface area contributed by atoms with Gasteiger partial charge in [-0.05, 0) is 24.1 Å². The van der Waals surface area contributed by atoms with E-state index in [0.717, 1.165) is 11.3 Å². The third kappa shape index (κ3) is 5.42. The van der Waals surface area contributed by atoms with Crippen LogP contribution in [0.15, 0.2) is 24.3 Å². The van der Waals surface area contributed by atoms with Crippen LogP contribution >= 0.6 is 0 Å². The van der Waals surface area contributed by atoms with Gasteiger partial charge in [0.1, 0.15) is 0 Å². The average Bonchev–Trinajstić information content (AvgIpc) is 2.43. The number of anilines is 1. The lowest BCUT2D eigenvalue weighted by Crippen LogP contribution is -2.31. The normalized spacial score (nSPS) is 10.0. The second-order valence-electron chi connectivity index (χ2n) is 4.48. The Kier molecular flexibility index (Phi) is 5.85. The highest BCUT2D eigenvalue weighted by Gasteiger charge is 2.10. The number of hydrogen-bond acceptors (Lipinski definition) is 3. The molecule has 104 valence electrons. The predicted octanol–water partition coefficient (Wildman–Crippen LogP) is 0.796. The van der Waals surface area contributed by atoms with Gasteiger partial charge in [-0.2, -0.15) is 0 Å². The number of aryl methyl sites for hydroxylation is 1. The van der Waals surface area contributed by atoms with Gasteiger partial charge in [-0.15, -0.1) is 0 Å². The van der Waals surface area contributed by atoms with Crippen molar-refractivity contribution < 1.29 is 9.59 Å². The second-order valence-corrected chi connectivity index (χ2v) is 4.48. The summed E-state index contributed by atoms with van der Waals surface area (Å²) in [4.78, 5) is 24.5. The molecule has 0 aromatic heterocycles. The van der Waals surface area contributed by atoms with E-state index in [0.29, 0.717) is 25.8 Å². The van der Waals surface area contributed by atoms with E-state index in [1.54, 1.807) is 19.0 Å². The lowest BCUT2D eigenvalue weighted by molar-refractivity contribution is -0.130. The van der Waals surface area contributed by atoms with Crippen molar-refractivity contribution in [2.45, 2.75) is 19.3 Å². The fraction of sp³-hybridized carbons (Fsp3) is 0.429. The van der Waals surface area contributed by atoms with Crippen LogP contribution in [-0.4, -0.2) is 37.4 Å². The first-order valence-corrected chi connectivity index (χ1v) is 6.32. The van der Waals surface area contributed by atoms with Crippen LogP contribution in [-0.2, 0) is 16.0 Å². The Bertz CT molecular complexity index is 429. The first kappa shape index (κ1) is 15.0. The number of rotatable bonds is 6. The molecule has 0 saturated carbocycles. The van der Waals surface area contributed by atoms with Crippen molar-refractivity contribution in [1.82, 2.24) is 10.2 Å². The molecule has 2 amide bonds. The van der Waals surface area contributed by atoms with E-state index in [1.807, 2.05) is 24.3 Å². The Hall–Kier alpha value is -2.04. The monoisotopic (exact) mass is 263 g/mol. The van der Waals surface area contributed by atoms with E-state index in [-0.39, 0.29) is 11.8 Å². The number of nitrogens with one attached hydrogen (secondary N) is 1. The lowest BCUT2D eigenvalue weighted by atomic mass is 10.1. The molecule has 19 heavy (non-hydrogen) atoms. The third-order valence-electron chi connectivity index (χ3n) is 2.99. The Balaban J connectivity index is 2.34. The van der Waals surface area contributed by atoms with Crippen molar-refractivity contribution in [1.29, 1.82) is 0 Å². The van der Waals surface area contributed by atoms with Crippen LogP contribution in [0, 0.1) is 0 Å². The van der Waals surface area contributed by atoms with Crippen LogP contribution in [0.2, 0.25) is 0 Å². The maximum Gasteiger partial charge on any atom is 0.222 e. The maximum atomic E-state index is 11.9. The van der Waals surface area contributed by atoms with E-state index < -0.39 is 0 Å². The summed E-state index contributed by atoms with van der Waals surface area (Å²) in [6, 6.07) is 7.50. The van der Waals surface area contributed by atoms with Crippen LogP contribution in [0.4, 0.5) is 5.69 Å². The van der Waals surface area contributed by atoms with Gasteiger partial charge >= 0.3 is 0 Å². The van der Waals surface area contributed by atoms with Crippen LogP contribution in [0.25, 0.3) is 0 Å². The molecule has 0 aliphatic rings. The lowest BCUT2D eigenvalue weighted by Gasteiger charge is -2.16. The number of amides is 2. The van der Waals surface area contributed by atoms with Gasteiger partial charge < -0.3 is 16.0 Å². The Morgan fingerprint density at radius 3 is 2.42 bits per heavy atom. The summed E-state index contributed by atoms with van der Waals surface area (Å²) in [5, 5.41) is 2.53. The first-order chi connectivity index (χ1) is 9.02. The fourth-order valence-electron chi connectivity index (χ4n) is 1.65. The molecule has 0 unspecified atom stereocenters. The highest BCUT2D eigenvalue weighted by Crippen LogP contribution is 2.08. The van der Waals surface area contributed by atoms with Crippen molar-refractivity contribution in [3.63, 3.8) is 0 Å². The van der Waals surface area contributed by atoms with Crippen molar-refractivity contribution in [3.05, 3.63) is 29.8 Å². The van der Waals surface area contributed by atoms with Gasteiger partial charge in [0.05, 0.1) is 0 Å². The number of carbonyl (C=O) groups is 2. The highest BCUT2D eigenvalue weighted by atomic mass is 16.2. The number of benzene rings is 1. The van der Waals surface area contributed by atoms with Crippen LogP contribution < -0.4 is 11.1 Å². The molecular weight excluding hydrogens is 242 g/mol. The molecule has 1 aromatic rings. The van der Waals surface area contributed by atoms with Gasteiger partial charge in [-0.1, -0.05) is 12.1 Å². The zero-order valence-electron chi connectivity index (χ0n) is 11.5. The molecule has 0 atom stereocenters. The topological polar surface area (TPSA) is 75.4 Å². The molecule has 0 radical (unpaired) electrons. The van der Waals surface area contributed by atoms with Gasteiger partial charge in [-0.25, -0.2) is 0 Å². The van der Waals surface area contributed by atoms with Gasteiger partial charge in [-0.3, -0.25) is 9.59 Å². The molecule has 1 rings (SSSR count). The van der Waals surface area contributed by atoms with Gasteiger partial charge in [0.2, 0.25) is 11.8 Å². The van der Waals surface area contributed by atoms with Crippen molar-refractivity contribution in [2.24, 2.45) is 0 Å². The molecular formula is C14H21N3O2. The van der Waals surface area contributed by atoms with Crippen molar-refractivity contribution in [2.75, 3.05) is 26.4 Å². The second kappa shape index (κ2) is 7.41. The minimum Gasteiger partial charge on any atom is -0.399 e. The highest BCUT2D eigenvalue weighted by molar-refractivity contribution is 5.78. The number of carbonyl (C=O) groups excluding carboxylic acids is 2. The van der Waals surface area contributed by atoms with E-state index in [9.17, 15) is 9.59 Å². The molecule has 5 heteroatoms. The zero-order chi connectivity index (χ0) is 14.3. The summed E-state index contributed by atoms with van der Waals surface area (Å²) in [5.74, 6) is -0.0149. The van der Waals surface area contributed by atoms with E-state index in [2.05, 4.69) is 5.32 Å². The van der Waals surface area contributed by atoms with Crippen LogP contribution in [0.5, 0.6) is 0 Å². The fourth-order valence-corrected chi connectivity index (χ4v) is 1.65. The SMILES string of the molecule is CNC(=O)CCN(C)C(=O)CCc1ccc(N)cc1. The largest absolute Gasteiger partial charge is 0.399 e. The van der Waals surface area contributed by atoms with Crippen molar-refractivity contribution in [3.8, 4) is 0 Å². The molecule has 0 bridgehead atoms. The zero-order valence-corrected chi connectivity index (χ0v) is 11.5. The minimum absolute atomic E-state index is 0.0423. The summed E-state index contributed by atoms with van der Waals surface area (Å²) in [6.45, 7) is 0.445. The van der Waals surface area contributed by atoms with E-state index in [4.69, 9.17) is 5.73 Å². The molecule has 5 nitrogen and oxygen atoms in total. The number of hydrogen-bond donors (Lipinski definition) is 2. The summed E-state index contributed by atoms with van der Waals surface area (Å²) >= 11 is 0. The molecule has 0 spiro atoms. The molecule has 0 aliphatic heterocycles. The van der Waals surface area contributed by atoms with Crippen LogP contribution in [0.3, 0.4) is 0 Å². The standard InChI is InChI=1S/C14H21N3O2/c1-16-13(18)9-10-17(2)14(19)8-5-11-3-6-12(15)7-4-11/h3-4,6-7H,5,8-10,15H2,1-2H3,(H,16,18). The quantitative estimate of drug-likeness (QED) is 0.745. The number of nitrogens with two attached hydrogens (primary N) is 1. The molecule has 0 saturated heterocycles. The average molecular weight is 263 g/mol.